The van der Waals surface area contributed by atoms with Crippen LogP contribution in [0, 0.1) is 0 Å². The summed E-state index contributed by atoms with van der Waals surface area (Å²) in [6.45, 7) is 0.417. The summed E-state index contributed by atoms with van der Waals surface area (Å²) in [4.78, 5) is 11.9. The van der Waals surface area contributed by atoms with Gasteiger partial charge in [-0.2, -0.15) is 0 Å². The number of hydrogen-bond donors (Lipinski definition) is 0. The summed E-state index contributed by atoms with van der Waals surface area (Å²) in [7, 11) is 0. The highest BCUT2D eigenvalue weighted by Crippen LogP contribution is 2.31. The second-order valence-electron chi connectivity index (χ2n) is 3.48. The van der Waals surface area contributed by atoms with Gasteiger partial charge in [-0.25, -0.2) is 0 Å². The zero-order chi connectivity index (χ0) is 11.7. The monoisotopic (exact) mass is 268 g/mol. The van der Waals surface area contributed by atoms with E-state index in [4.69, 9.17) is 9.15 Å². The van der Waals surface area contributed by atoms with E-state index in [2.05, 4.69) is 10.2 Å². The Labute approximate surface area is 105 Å². The molecule has 0 N–H and O–H groups in total. The number of carbonyl (C=O) groups excluding carboxylic acids is 1. The maximum atomic E-state index is 10.9. The second-order valence-corrected chi connectivity index (χ2v) is 5.68. The standard InChI is InChI=1S/C10H8N2O3S2/c13-8-4-6(5-14-8)17-10-12-11-9(15-10)7-2-1-3-16-7/h1-3,6H,4-5H2/t6-/m0/s1. The van der Waals surface area contributed by atoms with Crippen molar-refractivity contribution in [2.75, 3.05) is 6.61 Å². The average molecular weight is 268 g/mol. The Bertz CT molecular complexity index is 523. The molecule has 3 heterocycles. The molecule has 0 saturated carbocycles. The molecule has 2 aromatic heterocycles. The third-order valence-corrected chi connectivity index (χ3v) is 4.09. The van der Waals surface area contributed by atoms with Gasteiger partial charge >= 0.3 is 5.97 Å². The second kappa shape index (κ2) is 4.50. The number of hydrogen-bond acceptors (Lipinski definition) is 7. The number of aromatic nitrogens is 2. The molecule has 17 heavy (non-hydrogen) atoms. The van der Waals surface area contributed by atoms with Gasteiger partial charge in [-0.15, -0.1) is 21.5 Å². The topological polar surface area (TPSA) is 65.2 Å². The molecule has 0 spiro atoms. The van der Waals surface area contributed by atoms with E-state index in [0.717, 1.165) is 4.88 Å². The highest BCUT2D eigenvalue weighted by Gasteiger charge is 2.26. The fraction of sp³-hybridized carbons (Fsp3) is 0.300. The van der Waals surface area contributed by atoms with E-state index in [9.17, 15) is 4.79 Å². The van der Waals surface area contributed by atoms with Gasteiger partial charge in [0, 0.05) is 0 Å². The predicted octanol–water partition coefficient (Wildman–Crippen LogP) is 2.21. The number of thioether (sulfide) groups is 1. The normalized spacial score (nSPS) is 19.5. The largest absolute Gasteiger partial charge is 0.464 e. The number of carbonyl (C=O) groups is 1. The van der Waals surface area contributed by atoms with Gasteiger partial charge in [0.1, 0.15) is 6.61 Å². The molecule has 1 atom stereocenters. The molecule has 0 radical (unpaired) electrons. The van der Waals surface area contributed by atoms with Gasteiger partial charge in [0.25, 0.3) is 11.1 Å². The lowest BCUT2D eigenvalue weighted by Gasteiger charge is -1.98. The van der Waals surface area contributed by atoms with Gasteiger partial charge in [0.05, 0.1) is 16.5 Å². The van der Waals surface area contributed by atoms with Crippen molar-refractivity contribution < 1.29 is 13.9 Å². The van der Waals surface area contributed by atoms with Crippen LogP contribution in [0.15, 0.2) is 27.2 Å². The Kier molecular flexibility index (Phi) is 2.86. The lowest BCUT2D eigenvalue weighted by Crippen LogP contribution is -2.00. The van der Waals surface area contributed by atoms with Crippen LogP contribution in [0.25, 0.3) is 10.8 Å². The van der Waals surface area contributed by atoms with Crippen molar-refractivity contribution in [3.05, 3.63) is 17.5 Å². The lowest BCUT2D eigenvalue weighted by atomic mass is 10.4. The minimum absolute atomic E-state index is 0.0825. The Morgan fingerprint density at radius 3 is 3.12 bits per heavy atom. The van der Waals surface area contributed by atoms with Crippen LogP contribution in [0.4, 0.5) is 0 Å². The van der Waals surface area contributed by atoms with E-state index in [1.54, 1.807) is 11.3 Å². The summed E-state index contributed by atoms with van der Waals surface area (Å²) in [5, 5.41) is 10.4. The van der Waals surface area contributed by atoms with Crippen LogP contribution < -0.4 is 0 Å². The molecule has 1 aliphatic heterocycles. The van der Waals surface area contributed by atoms with Gasteiger partial charge in [0.15, 0.2) is 0 Å². The van der Waals surface area contributed by atoms with Crippen LogP contribution in [0.5, 0.6) is 0 Å². The van der Waals surface area contributed by atoms with Crippen LogP contribution in [0.2, 0.25) is 0 Å². The van der Waals surface area contributed by atoms with E-state index in [0.29, 0.717) is 24.1 Å². The average Bonchev–Trinajstić information content (AvgIpc) is 3.00. The summed E-state index contributed by atoms with van der Waals surface area (Å²) < 4.78 is 10.4. The van der Waals surface area contributed by atoms with E-state index in [-0.39, 0.29) is 11.2 Å². The quantitative estimate of drug-likeness (QED) is 0.795. The molecule has 0 aromatic carbocycles. The van der Waals surface area contributed by atoms with Gasteiger partial charge in [0.2, 0.25) is 0 Å². The van der Waals surface area contributed by atoms with Crippen molar-refractivity contribution >= 4 is 29.1 Å². The third-order valence-electron chi connectivity index (χ3n) is 2.23. The van der Waals surface area contributed by atoms with Crippen LogP contribution in [-0.4, -0.2) is 28.0 Å². The summed E-state index contributed by atoms with van der Waals surface area (Å²) in [5.74, 6) is 0.355. The Morgan fingerprint density at radius 1 is 1.47 bits per heavy atom. The van der Waals surface area contributed by atoms with Gasteiger partial charge in [-0.05, 0) is 11.4 Å². The van der Waals surface area contributed by atoms with Gasteiger partial charge < -0.3 is 9.15 Å². The highest BCUT2D eigenvalue weighted by atomic mass is 32.2. The fourth-order valence-corrected chi connectivity index (χ4v) is 2.96. The van der Waals surface area contributed by atoms with Crippen LogP contribution >= 0.6 is 23.1 Å². The van der Waals surface area contributed by atoms with Crippen molar-refractivity contribution in [1.29, 1.82) is 0 Å². The molecule has 7 heteroatoms. The molecular formula is C10H8N2O3S2. The molecule has 0 aliphatic carbocycles. The van der Waals surface area contributed by atoms with E-state index < -0.39 is 0 Å². The fourth-order valence-electron chi connectivity index (χ4n) is 1.47. The minimum Gasteiger partial charge on any atom is -0.464 e. The number of ether oxygens (including phenoxy) is 1. The van der Waals surface area contributed by atoms with Crippen LogP contribution in [-0.2, 0) is 9.53 Å². The van der Waals surface area contributed by atoms with E-state index in [1.165, 1.54) is 11.8 Å². The first-order valence-electron chi connectivity index (χ1n) is 5.01. The minimum atomic E-state index is -0.166. The molecule has 3 rings (SSSR count). The molecule has 2 aromatic rings. The maximum Gasteiger partial charge on any atom is 0.307 e. The number of rotatable bonds is 3. The first-order valence-corrected chi connectivity index (χ1v) is 6.77. The van der Waals surface area contributed by atoms with Crippen LogP contribution in [0.1, 0.15) is 6.42 Å². The molecule has 0 amide bonds. The molecule has 1 aliphatic rings. The molecule has 0 unspecified atom stereocenters. The number of cyclic esters (lactones) is 1. The number of nitrogens with zero attached hydrogens (tertiary/aromatic N) is 2. The van der Waals surface area contributed by atoms with Crippen molar-refractivity contribution in [2.45, 2.75) is 16.9 Å². The zero-order valence-corrected chi connectivity index (χ0v) is 10.3. The lowest BCUT2D eigenvalue weighted by molar-refractivity contribution is -0.137. The van der Waals surface area contributed by atoms with Crippen molar-refractivity contribution in [3.8, 4) is 10.8 Å². The number of thiophene rings is 1. The summed E-state index contributed by atoms with van der Waals surface area (Å²) >= 11 is 2.94. The molecular weight excluding hydrogens is 260 g/mol. The molecule has 1 saturated heterocycles. The summed E-state index contributed by atoms with van der Waals surface area (Å²) in [6.07, 6.45) is 0.404. The molecule has 1 fully saturated rings. The molecule has 88 valence electrons. The highest BCUT2D eigenvalue weighted by molar-refractivity contribution is 7.99. The van der Waals surface area contributed by atoms with Crippen LogP contribution in [0.3, 0.4) is 0 Å². The predicted molar refractivity (Wildman–Crippen MR) is 62.8 cm³/mol. The first kappa shape index (κ1) is 10.8. The third kappa shape index (κ3) is 2.34. The van der Waals surface area contributed by atoms with Gasteiger partial charge in [-0.1, -0.05) is 17.8 Å². The maximum absolute atomic E-state index is 10.9. The summed E-state index contributed by atoms with van der Waals surface area (Å²) in [6, 6.07) is 3.86. The smallest absolute Gasteiger partial charge is 0.307 e. The Balaban J connectivity index is 1.71. The Hall–Kier alpha value is -1.34. The zero-order valence-electron chi connectivity index (χ0n) is 8.66. The first-order chi connectivity index (χ1) is 8.31. The SMILES string of the molecule is O=C1C[C@H](Sc2nnc(-c3cccs3)o2)CO1. The molecule has 0 bridgehead atoms. The summed E-state index contributed by atoms with van der Waals surface area (Å²) in [5.41, 5.74) is 0. The van der Waals surface area contributed by atoms with Crippen molar-refractivity contribution in [2.24, 2.45) is 0 Å². The Morgan fingerprint density at radius 2 is 2.41 bits per heavy atom. The number of esters is 1. The van der Waals surface area contributed by atoms with Gasteiger partial charge in [-0.3, -0.25) is 4.79 Å². The van der Waals surface area contributed by atoms with Crippen molar-refractivity contribution in [1.82, 2.24) is 10.2 Å². The molecule has 5 nitrogen and oxygen atoms in total. The van der Waals surface area contributed by atoms with E-state index in [1.807, 2.05) is 17.5 Å². The van der Waals surface area contributed by atoms with E-state index >= 15 is 0 Å². The van der Waals surface area contributed by atoms with Crippen molar-refractivity contribution in [3.63, 3.8) is 0 Å².